The van der Waals surface area contributed by atoms with Crippen molar-refractivity contribution in [3.05, 3.63) is 11.6 Å². The molecule has 4 aliphatic carbocycles. The predicted molar refractivity (Wildman–Crippen MR) is 203 cm³/mol. The van der Waals surface area contributed by atoms with Crippen LogP contribution in [0.15, 0.2) is 11.6 Å². The Morgan fingerprint density at radius 3 is 2.38 bits per heavy atom. The number of esters is 1. The standard InChI is InChI=1S/C42H78N4O2/c1-8-33(30(2)3)14-13-31(4)37-17-18-38-36-16-15-34-29-35(19-21-41(34,6)39(36)20-22-42(37,38)7)48-40(47)32(5)46(28-12-24-44)27-10-9-25-45-26-11-23-43/h15,30-33,35-39,45H,8-14,16-29,43-44H2,1-7H3/t31-,32?,33-,35+,36+,37-,38+,39?,41+,42-/m1/s1. The molecule has 0 saturated heterocycles. The number of nitrogens with two attached hydrogens (primary N) is 2. The van der Waals surface area contributed by atoms with Gasteiger partial charge in [0.1, 0.15) is 12.1 Å². The fraction of sp³-hybridized carbons (Fsp3) is 0.929. The number of fused-ring (bicyclic) bond motifs is 5. The zero-order valence-corrected chi connectivity index (χ0v) is 32.5. The summed E-state index contributed by atoms with van der Waals surface area (Å²) >= 11 is 0. The van der Waals surface area contributed by atoms with Crippen molar-refractivity contribution in [3.63, 3.8) is 0 Å². The van der Waals surface area contributed by atoms with E-state index in [1.54, 1.807) is 5.57 Å². The molecule has 0 aromatic heterocycles. The quantitative estimate of drug-likeness (QED) is 0.0685. The fourth-order valence-electron chi connectivity index (χ4n) is 11.5. The maximum Gasteiger partial charge on any atom is 0.323 e. The largest absolute Gasteiger partial charge is 0.461 e. The molecule has 6 nitrogen and oxygen atoms in total. The second-order valence-electron chi connectivity index (χ2n) is 17.7. The lowest BCUT2D eigenvalue weighted by Crippen LogP contribution is -2.51. The van der Waals surface area contributed by atoms with Gasteiger partial charge in [-0.3, -0.25) is 9.69 Å². The average molecular weight is 671 g/mol. The van der Waals surface area contributed by atoms with Gasteiger partial charge in [0.05, 0.1) is 0 Å². The Kier molecular flexibility index (Phi) is 15.4. The molecule has 0 aromatic rings. The van der Waals surface area contributed by atoms with Crippen LogP contribution in [0.4, 0.5) is 0 Å². The number of rotatable bonds is 20. The van der Waals surface area contributed by atoms with Gasteiger partial charge in [0.15, 0.2) is 0 Å². The van der Waals surface area contributed by atoms with E-state index in [1.807, 2.05) is 6.92 Å². The number of ether oxygens (including phenoxy) is 1. The number of carbonyl (C=O) groups excluding carboxylic acids is 1. The van der Waals surface area contributed by atoms with Gasteiger partial charge in [-0.25, -0.2) is 0 Å². The topological polar surface area (TPSA) is 93.6 Å². The molecule has 6 heteroatoms. The molecule has 4 rings (SSSR count). The van der Waals surface area contributed by atoms with Crippen molar-refractivity contribution in [2.75, 3.05) is 39.3 Å². The molecular formula is C42H78N4O2. The van der Waals surface area contributed by atoms with Gasteiger partial charge in [-0.1, -0.05) is 66.0 Å². The summed E-state index contributed by atoms with van der Waals surface area (Å²) < 4.78 is 6.33. The van der Waals surface area contributed by atoms with Gasteiger partial charge in [-0.2, -0.15) is 0 Å². The molecule has 0 aliphatic heterocycles. The van der Waals surface area contributed by atoms with E-state index in [9.17, 15) is 4.79 Å². The zero-order chi connectivity index (χ0) is 34.9. The zero-order valence-electron chi connectivity index (χ0n) is 32.5. The highest BCUT2D eigenvalue weighted by Gasteiger charge is 2.59. The van der Waals surface area contributed by atoms with Gasteiger partial charge in [0.2, 0.25) is 0 Å². The van der Waals surface area contributed by atoms with Crippen LogP contribution in [0.1, 0.15) is 145 Å². The van der Waals surface area contributed by atoms with Crippen LogP contribution in [-0.2, 0) is 9.53 Å². The molecular weight excluding hydrogens is 592 g/mol. The molecule has 10 atom stereocenters. The van der Waals surface area contributed by atoms with E-state index >= 15 is 0 Å². The van der Waals surface area contributed by atoms with Crippen molar-refractivity contribution in [2.45, 2.75) is 157 Å². The maximum absolute atomic E-state index is 13.5. The molecule has 2 unspecified atom stereocenters. The summed E-state index contributed by atoms with van der Waals surface area (Å²) in [6.45, 7) is 22.3. The molecule has 0 heterocycles. The highest BCUT2D eigenvalue weighted by atomic mass is 16.5. The molecule has 3 saturated carbocycles. The second-order valence-corrected chi connectivity index (χ2v) is 17.7. The number of nitrogens with one attached hydrogen (secondary N) is 1. The molecule has 278 valence electrons. The number of hydrogen-bond acceptors (Lipinski definition) is 6. The van der Waals surface area contributed by atoms with E-state index < -0.39 is 0 Å². The van der Waals surface area contributed by atoms with E-state index in [0.717, 1.165) is 119 Å². The number of nitrogens with zero attached hydrogens (tertiary/aromatic N) is 1. The summed E-state index contributed by atoms with van der Waals surface area (Å²) in [6.07, 6.45) is 20.9. The third-order valence-corrected chi connectivity index (χ3v) is 14.7. The SMILES string of the molecule is CC[C@H](CC[C@@H](C)[C@H]1CC[C@H]2[C@@H]3CC=C4C[C@@H](OC(=O)C(C)N(CCCN)CCCCNCCCN)CC[C@]4(C)C3CC[C@]12C)C(C)C. The van der Waals surface area contributed by atoms with Crippen LogP contribution in [0.25, 0.3) is 0 Å². The number of unbranched alkanes of at least 4 members (excludes halogenated alkanes) is 1. The first-order valence-corrected chi connectivity index (χ1v) is 20.7. The Bertz CT molecular complexity index is 1020. The highest BCUT2D eigenvalue weighted by Crippen LogP contribution is 2.67. The Morgan fingerprint density at radius 2 is 1.67 bits per heavy atom. The first-order valence-electron chi connectivity index (χ1n) is 20.7. The van der Waals surface area contributed by atoms with Crippen LogP contribution >= 0.6 is 0 Å². The minimum Gasteiger partial charge on any atom is -0.461 e. The number of carbonyl (C=O) groups is 1. The van der Waals surface area contributed by atoms with Gasteiger partial charge in [-0.05, 0) is 169 Å². The average Bonchev–Trinajstić information content (AvgIpc) is 3.43. The van der Waals surface area contributed by atoms with Gasteiger partial charge in [0, 0.05) is 13.0 Å². The first kappa shape index (κ1) is 39.8. The smallest absolute Gasteiger partial charge is 0.323 e. The Morgan fingerprint density at radius 1 is 0.938 bits per heavy atom. The lowest BCUT2D eigenvalue weighted by atomic mass is 9.47. The van der Waals surface area contributed by atoms with E-state index in [0.29, 0.717) is 12.0 Å². The van der Waals surface area contributed by atoms with E-state index in [-0.39, 0.29) is 23.5 Å². The van der Waals surface area contributed by atoms with E-state index in [4.69, 9.17) is 16.2 Å². The lowest BCUT2D eigenvalue weighted by Gasteiger charge is -2.58. The normalized spacial score (nSPS) is 33.5. The third-order valence-electron chi connectivity index (χ3n) is 14.7. The van der Waals surface area contributed by atoms with Gasteiger partial charge in [0.25, 0.3) is 0 Å². The first-order chi connectivity index (χ1) is 23.0. The maximum atomic E-state index is 13.5. The molecule has 0 amide bonds. The highest BCUT2D eigenvalue weighted by molar-refractivity contribution is 5.75. The van der Waals surface area contributed by atoms with Gasteiger partial charge >= 0.3 is 5.97 Å². The van der Waals surface area contributed by atoms with Crippen molar-refractivity contribution in [1.29, 1.82) is 0 Å². The Balaban J connectivity index is 1.32. The lowest BCUT2D eigenvalue weighted by molar-refractivity contribution is -0.157. The summed E-state index contributed by atoms with van der Waals surface area (Å²) in [5.74, 6) is 5.88. The number of allylic oxidation sites excluding steroid dienone is 1. The van der Waals surface area contributed by atoms with Gasteiger partial charge in [-0.15, -0.1) is 0 Å². The van der Waals surface area contributed by atoms with Crippen molar-refractivity contribution >= 4 is 5.97 Å². The summed E-state index contributed by atoms with van der Waals surface area (Å²) in [7, 11) is 0. The van der Waals surface area contributed by atoms with Crippen LogP contribution in [0, 0.1) is 52.3 Å². The summed E-state index contributed by atoms with van der Waals surface area (Å²) in [5.41, 5.74) is 13.9. The van der Waals surface area contributed by atoms with Crippen molar-refractivity contribution in [1.82, 2.24) is 10.2 Å². The Hall–Kier alpha value is -0.950. The monoisotopic (exact) mass is 671 g/mol. The van der Waals surface area contributed by atoms with Crippen molar-refractivity contribution < 1.29 is 9.53 Å². The molecule has 3 fully saturated rings. The predicted octanol–water partition coefficient (Wildman–Crippen LogP) is 8.33. The van der Waals surface area contributed by atoms with Crippen LogP contribution in [0.5, 0.6) is 0 Å². The summed E-state index contributed by atoms with van der Waals surface area (Å²) in [5, 5.41) is 3.47. The van der Waals surface area contributed by atoms with Crippen molar-refractivity contribution in [3.8, 4) is 0 Å². The molecule has 0 radical (unpaired) electrons. The Labute approximate surface area is 296 Å². The number of hydrogen-bond donors (Lipinski definition) is 3. The van der Waals surface area contributed by atoms with Crippen LogP contribution in [0.3, 0.4) is 0 Å². The molecule has 0 bridgehead atoms. The molecule has 4 aliphatic rings. The molecule has 5 N–H and O–H groups in total. The van der Waals surface area contributed by atoms with Gasteiger partial charge < -0.3 is 21.5 Å². The van der Waals surface area contributed by atoms with E-state index in [2.05, 4.69) is 57.8 Å². The third kappa shape index (κ3) is 9.28. The van der Waals surface area contributed by atoms with Crippen LogP contribution in [0.2, 0.25) is 0 Å². The van der Waals surface area contributed by atoms with E-state index in [1.165, 1.54) is 51.4 Å². The second kappa shape index (κ2) is 18.5. The van der Waals surface area contributed by atoms with Crippen LogP contribution < -0.4 is 16.8 Å². The summed E-state index contributed by atoms with van der Waals surface area (Å²) in [4.78, 5) is 15.8. The fourth-order valence-corrected chi connectivity index (χ4v) is 11.5. The molecule has 0 aromatic carbocycles. The molecule has 0 spiro atoms. The molecule has 48 heavy (non-hydrogen) atoms. The minimum absolute atomic E-state index is 0.0160. The van der Waals surface area contributed by atoms with Crippen molar-refractivity contribution in [2.24, 2.45) is 63.7 Å². The summed E-state index contributed by atoms with van der Waals surface area (Å²) in [6, 6.07) is -0.230. The van der Waals surface area contributed by atoms with Crippen LogP contribution in [-0.4, -0.2) is 62.3 Å². The minimum atomic E-state index is -0.230.